The average molecular weight is 413 g/mol. The first-order chi connectivity index (χ1) is 14.5. The van der Waals surface area contributed by atoms with E-state index >= 15 is 0 Å². The first-order valence-electron chi connectivity index (χ1n) is 11.9. The zero-order chi connectivity index (χ0) is 21.3. The minimum atomic E-state index is 0.282. The third-order valence-corrected chi connectivity index (χ3v) is 7.47. The van der Waals surface area contributed by atoms with E-state index in [1.165, 1.54) is 53.7 Å². The number of H-pyrrole nitrogens is 1. The number of aliphatic hydroxyl groups excluding tert-OH is 1. The van der Waals surface area contributed by atoms with Crippen LogP contribution in [-0.2, 0) is 6.54 Å². The Balaban J connectivity index is 1.41. The van der Waals surface area contributed by atoms with Crippen molar-refractivity contribution >= 4 is 10.9 Å². The number of fused-ring (bicyclic) bond motifs is 1. The number of likely N-dealkylation sites (tertiary alicyclic amines) is 1. The molecule has 1 unspecified atom stereocenters. The molecule has 2 aromatic rings. The van der Waals surface area contributed by atoms with Gasteiger partial charge in [-0.2, -0.15) is 0 Å². The number of aliphatic hydroxyl groups is 1. The predicted octanol–water partition coefficient (Wildman–Crippen LogP) is 3.53. The van der Waals surface area contributed by atoms with Crippen LogP contribution in [0.2, 0.25) is 0 Å². The van der Waals surface area contributed by atoms with Crippen molar-refractivity contribution in [2.75, 3.05) is 39.3 Å². The Bertz CT molecular complexity index is 837. The Morgan fingerprint density at radius 1 is 1.10 bits per heavy atom. The Morgan fingerprint density at radius 3 is 2.57 bits per heavy atom. The molecule has 0 amide bonds. The fourth-order valence-corrected chi connectivity index (χ4v) is 5.58. The lowest BCUT2D eigenvalue weighted by atomic mass is 9.97. The van der Waals surface area contributed by atoms with Gasteiger partial charge in [-0.25, -0.2) is 0 Å². The summed E-state index contributed by atoms with van der Waals surface area (Å²) in [7, 11) is 0. The van der Waals surface area contributed by atoms with Gasteiger partial charge in [-0.1, -0.05) is 11.6 Å². The molecule has 2 N–H and O–H groups in total. The summed E-state index contributed by atoms with van der Waals surface area (Å²) in [4.78, 5) is 11.6. The second kappa shape index (κ2) is 9.39. The summed E-state index contributed by atoms with van der Waals surface area (Å²) in [5, 5.41) is 11.1. The van der Waals surface area contributed by atoms with Crippen LogP contribution in [-0.4, -0.2) is 82.2 Å². The van der Waals surface area contributed by atoms with Crippen molar-refractivity contribution in [1.29, 1.82) is 0 Å². The van der Waals surface area contributed by atoms with Gasteiger partial charge in [-0.05, 0) is 77.7 Å². The van der Waals surface area contributed by atoms with Crippen LogP contribution < -0.4 is 0 Å². The first-order valence-corrected chi connectivity index (χ1v) is 11.9. The van der Waals surface area contributed by atoms with Crippen LogP contribution in [0.15, 0.2) is 18.2 Å². The number of nitrogens with one attached hydrogen (secondary N) is 1. The van der Waals surface area contributed by atoms with Crippen LogP contribution in [0.25, 0.3) is 10.9 Å². The van der Waals surface area contributed by atoms with E-state index in [1.54, 1.807) is 0 Å². The molecular formula is C25H40N4O. The number of aromatic nitrogens is 1. The normalized spacial score (nSPS) is 23.1. The smallest absolute Gasteiger partial charge is 0.0459 e. The van der Waals surface area contributed by atoms with Gasteiger partial charge in [0.2, 0.25) is 0 Å². The number of aromatic amines is 1. The fraction of sp³-hybridized carbons (Fsp3) is 0.680. The van der Waals surface area contributed by atoms with Crippen molar-refractivity contribution < 1.29 is 5.11 Å². The molecule has 1 aromatic heterocycles. The van der Waals surface area contributed by atoms with Crippen LogP contribution in [0.3, 0.4) is 0 Å². The van der Waals surface area contributed by atoms with E-state index in [2.05, 4.69) is 65.6 Å². The number of aryl methyl sites for hydroxylation is 2. The van der Waals surface area contributed by atoms with Gasteiger partial charge in [-0.3, -0.25) is 9.80 Å². The molecule has 2 saturated heterocycles. The predicted molar refractivity (Wildman–Crippen MR) is 125 cm³/mol. The molecule has 5 nitrogen and oxygen atoms in total. The Hall–Kier alpha value is -1.40. The highest BCUT2D eigenvalue weighted by Crippen LogP contribution is 2.27. The fourth-order valence-electron chi connectivity index (χ4n) is 5.58. The number of piperazine rings is 1. The Morgan fingerprint density at radius 2 is 1.87 bits per heavy atom. The summed E-state index contributed by atoms with van der Waals surface area (Å²) in [5.74, 6) is 0. The number of hydrogen-bond donors (Lipinski definition) is 2. The quantitative estimate of drug-likeness (QED) is 0.762. The largest absolute Gasteiger partial charge is 0.396 e. The lowest BCUT2D eigenvalue weighted by molar-refractivity contribution is -0.000331. The highest BCUT2D eigenvalue weighted by Gasteiger charge is 2.34. The maximum atomic E-state index is 9.73. The summed E-state index contributed by atoms with van der Waals surface area (Å²) in [6.07, 6.45) is 3.41. The SMILES string of the molecule is Cc1ccc2[nH]c(CN3CCN(C4CCN(C(C)C)CC4)C(CCO)C3)c(C)c2c1. The molecule has 166 valence electrons. The maximum absolute atomic E-state index is 9.73. The lowest BCUT2D eigenvalue weighted by Crippen LogP contribution is -2.58. The van der Waals surface area contributed by atoms with Crippen LogP contribution >= 0.6 is 0 Å². The number of benzene rings is 1. The first kappa shape index (κ1) is 21.8. The minimum Gasteiger partial charge on any atom is -0.396 e. The molecule has 4 rings (SSSR count). The summed E-state index contributed by atoms with van der Waals surface area (Å²) in [6, 6.07) is 8.47. The van der Waals surface area contributed by atoms with Gasteiger partial charge in [0.1, 0.15) is 0 Å². The summed E-state index contributed by atoms with van der Waals surface area (Å²) in [5.41, 5.74) is 5.29. The van der Waals surface area contributed by atoms with Crippen LogP contribution in [0.4, 0.5) is 0 Å². The molecule has 2 fully saturated rings. The van der Waals surface area contributed by atoms with Crippen LogP contribution in [0.1, 0.15) is 49.9 Å². The second-order valence-electron chi connectivity index (χ2n) is 9.78. The van der Waals surface area contributed by atoms with Gasteiger partial charge >= 0.3 is 0 Å². The monoisotopic (exact) mass is 412 g/mol. The number of piperidine rings is 1. The number of rotatable bonds is 6. The minimum absolute atomic E-state index is 0.282. The van der Waals surface area contributed by atoms with Crippen LogP contribution in [0.5, 0.6) is 0 Å². The van der Waals surface area contributed by atoms with E-state index in [9.17, 15) is 5.11 Å². The molecular weight excluding hydrogens is 372 g/mol. The van der Waals surface area contributed by atoms with Gasteiger partial charge in [0.15, 0.2) is 0 Å². The molecule has 5 heteroatoms. The van der Waals surface area contributed by atoms with Gasteiger partial charge in [0, 0.05) is 67.5 Å². The molecule has 0 radical (unpaired) electrons. The van der Waals surface area contributed by atoms with E-state index < -0.39 is 0 Å². The number of hydrogen-bond acceptors (Lipinski definition) is 4. The van der Waals surface area contributed by atoms with Gasteiger partial charge < -0.3 is 15.0 Å². The Kier molecular flexibility index (Phi) is 6.83. The molecule has 2 aliphatic rings. The number of nitrogens with zero attached hydrogens (tertiary/aromatic N) is 3. The topological polar surface area (TPSA) is 45.7 Å². The zero-order valence-electron chi connectivity index (χ0n) is 19.3. The average Bonchev–Trinajstić information content (AvgIpc) is 3.03. The molecule has 0 bridgehead atoms. The van der Waals surface area contributed by atoms with E-state index in [1.807, 2.05) is 0 Å². The van der Waals surface area contributed by atoms with Crippen molar-refractivity contribution in [3.05, 3.63) is 35.0 Å². The molecule has 0 saturated carbocycles. The molecule has 2 aliphatic heterocycles. The molecule has 1 atom stereocenters. The summed E-state index contributed by atoms with van der Waals surface area (Å²) >= 11 is 0. The van der Waals surface area contributed by atoms with Crippen molar-refractivity contribution in [3.8, 4) is 0 Å². The second-order valence-corrected chi connectivity index (χ2v) is 9.78. The van der Waals surface area contributed by atoms with Crippen molar-refractivity contribution in [1.82, 2.24) is 19.7 Å². The Labute approximate surface area is 182 Å². The third-order valence-electron chi connectivity index (χ3n) is 7.47. The van der Waals surface area contributed by atoms with Gasteiger partial charge in [0.05, 0.1) is 0 Å². The van der Waals surface area contributed by atoms with E-state index in [4.69, 9.17) is 0 Å². The maximum Gasteiger partial charge on any atom is 0.0459 e. The summed E-state index contributed by atoms with van der Waals surface area (Å²) in [6.45, 7) is 16.0. The zero-order valence-corrected chi connectivity index (χ0v) is 19.3. The van der Waals surface area contributed by atoms with E-state index in [-0.39, 0.29) is 6.61 Å². The molecule has 0 aliphatic carbocycles. The third kappa shape index (κ3) is 4.59. The lowest BCUT2D eigenvalue weighted by Gasteiger charge is -2.48. The highest BCUT2D eigenvalue weighted by atomic mass is 16.3. The van der Waals surface area contributed by atoms with E-state index in [0.29, 0.717) is 18.1 Å². The molecule has 0 spiro atoms. The molecule has 30 heavy (non-hydrogen) atoms. The summed E-state index contributed by atoms with van der Waals surface area (Å²) < 4.78 is 0. The van der Waals surface area contributed by atoms with Crippen molar-refractivity contribution in [3.63, 3.8) is 0 Å². The van der Waals surface area contributed by atoms with Gasteiger partial charge in [0.25, 0.3) is 0 Å². The van der Waals surface area contributed by atoms with E-state index in [0.717, 1.165) is 32.6 Å². The molecule has 1 aromatic carbocycles. The van der Waals surface area contributed by atoms with Crippen molar-refractivity contribution in [2.45, 2.75) is 71.6 Å². The van der Waals surface area contributed by atoms with Crippen molar-refractivity contribution in [2.24, 2.45) is 0 Å². The highest BCUT2D eigenvalue weighted by molar-refractivity contribution is 5.85. The molecule has 3 heterocycles. The standard InChI is InChI=1S/C25H40N4O/c1-18(2)28-10-7-21(8-11-28)29-13-12-27(16-22(29)9-14-30)17-25-20(4)23-15-19(3)5-6-24(23)26-25/h5-6,15,18,21-22,26,30H,7-14,16-17H2,1-4H3. The van der Waals surface area contributed by atoms with Gasteiger partial charge in [-0.15, -0.1) is 0 Å². The van der Waals surface area contributed by atoms with Crippen LogP contribution in [0, 0.1) is 13.8 Å².